The second-order valence-corrected chi connectivity index (χ2v) is 9.73. The number of hydrogen-bond donors (Lipinski definition) is 2. The predicted octanol–water partition coefficient (Wildman–Crippen LogP) is 4.39. The lowest BCUT2D eigenvalue weighted by Crippen LogP contribution is -2.52. The van der Waals surface area contributed by atoms with Crippen molar-refractivity contribution in [2.75, 3.05) is 0 Å². The average Bonchev–Trinajstić information content (AvgIpc) is 2.95. The minimum absolute atomic E-state index is 0.0889. The van der Waals surface area contributed by atoms with Crippen LogP contribution in [0.4, 0.5) is 31.1 Å². The molecule has 0 spiro atoms. The second kappa shape index (κ2) is 9.24. The minimum atomic E-state index is -5.00. The number of nitrogens with one attached hydrogen (secondary N) is 1. The van der Waals surface area contributed by atoms with E-state index in [2.05, 4.69) is 5.43 Å². The number of carbonyl (C=O) groups is 1. The van der Waals surface area contributed by atoms with Crippen molar-refractivity contribution >= 4 is 27.6 Å². The Kier molecular flexibility index (Phi) is 7.53. The van der Waals surface area contributed by atoms with Crippen LogP contribution in [0.2, 0.25) is 0 Å². The fraction of sp³-hybridized carbons (Fsp3) is 0.632. The van der Waals surface area contributed by atoms with Crippen LogP contribution in [0.25, 0.3) is 10.2 Å². The molecule has 0 aliphatic carbocycles. The van der Waals surface area contributed by atoms with Crippen LogP contribution in [-0.4, -0.2) is 43.2 Å². The molecular weight excluding hydrogens is 494 g/mol. The van der Waals surface area contributed by atoms with Gasteiger partial charge in [0, 0.05) is 11.4 Å². The summed E-state index contributed by atoms with van der Waals surface area (Å²) in [5.41, 5.74) is -0.897. The Hall–Kier alpha value is -2.55. The molecular formula is C19H24F6N4O4S. The summed E-state index contributed by atoms with van der Waals surface area (Å²) in [6.07, 6.45) is -12.5. The minimum Gasteiger partial charge on any atom is -0.464 e. The standard InChI is InChI=1S/C19H24F6N4O4S/c1-9-11(8-26-29(16(32)33)17(3,4)5)34-14-12(9)13(30)28(10(2)19(23,24)25)15(31)27(14)7-6-18(20,21)22/h10,26H,6-8H2,1-5H3,(H,32,33). The Morgan fingerprint density at radius 3 is 2.15 bits per heavy atom. The van der Waals surface area contributed by atoms with Crippen molar-refractivity contribution in [2.45, 2.75) is 78.1 Å². The highest BCUT2D eigenvalue weighted by Crippen LogP contribution is 2.32. The number of hydrazine groups is 1. The molecule has 1 unspecified atom stereocenters. The number of aryl methyl sites for hydroxylation is 2. The van der Waals surface area contributed by atoms with Gasteiger partial charge >= 0.3 is 24.1 Å². The van der Waals surface area contributed by atoms with Crippen molar-refractivity contribution in [1.82, 2.24) is 19.6 Å². The molecule has 15 heteroatoms. The highest BCUT2D eigenvalue weighted by atomic mass is 32.1. The van der Waals surface area contributed by atoms with Crippen LogP contribution in [0.3, 0.4) is 0 Å². The van der Waals surface area contributed by atoms with E-state index in [1.165, 1.54) is 6.92 Å². The SMILES string of the molecule is Cc1c(CNN(C(=O)O)C(C)(C)C)sc2c1c(=O)n(C(C)C(F)(F)F)c(=O)n2CCC(F)(F)F. The van der Waals surface area contributed by atoms with Gasteiger partial charge in [0.25, 0.3) is 5.56 Å². The fourth-order valence-electron chi connectivity index (χ4n) is 3.25. The first-order valence-corrected chi connectivity index (χ1v) is 10.8. The number of halogens is 6. The summed E-state index contributed by atoms with van der Waals surface area (Å²) in [5, 5.41) is 9.95. The highest BCUT2D eigenvalue weighted by molar-refractivity contribution is 7.18. The number of thiophene rings is 1. The smallest absolute Gasteiger partial charge is 0.422 e. The maximum Gasteiger partial charge on any atom is 0.422 e. The summed E-state index contributed by atoms with van der Waals surface area (Å²) < 4.78 is 79.0. The monoisotopic (exact) mass is 518 g/mol. The van der Waals surface area contributed by atoms with Crippen LogP contribution in [0.15, 0.2) is 9.59 Å². The summed E-state index contributed by atoms with van der Waals surface area (Å²) in [4.78, 5) is 37.3. The molecule has 0 aliphatic rings. The number of carboxylic acid groups (broad SMARTS) is 1. The molecule has 2 heterocycles. The van der Waals surface area contributed by atoms with E-state index < -0.39 is 54.2 Å². The average molecular weight is 518 g/mol. The van der Waals surface area contributed by atoms with E-state index in [0.29, 0.717) is 11.5 Å². The third kappa shape index (κ3) is 5.74. The van der Waals surface area contributed by atoms with Crippen LogP contribution < -0.4 is 16.7 Å². The number of rotatable bonds is 6. The van der Waals surface area contributed by atoms with Crippen LogP contribution in [0, 0.1) is 6.92 Å². The molecule has 8 nitrogen and oxygen atoms in total. The topological polar surface area (TPSA) is 96.6 Å². The molecule has 0 aromatic carbocycles. The van der Waals surface area contributed by atoms with Crippen LogP contribution >= 0.6 is 11.3 Å². The van der Waals surface area contributed by atoms with E-state index in [9.17, 15) is 45.8 Å². The first kappa shape index (κ1) is 27.7. The first-order valence-electron chi connectivity index (χ1n) is 9.94. The van der Waals surface area contributed by atoms with Gasteiger partial charge in [0.2, 0.25) is 0 Å². The Balaban J connectivity index is 2.73. The lowest BCUT2D eigenvalue weighted by atomic mass is 10.1. The molecule has 34 heavy (non-hydrogen) atoms. The summed E-state index contributed by atoms with van der Waals surface area (Å²) in [7, 11) is 0. The molecule has 192 valence electrons. The zero-order valence-electron chi connectivity index (χ0n) is 18.9. The van der Waals surface area contributed by atoms with Crippen molar-refractivity contribution in [1.29, 1.82) is 0 Å². The van der Waals surface area contributed by atoms with E-state index in [0.717, 1.165) is 16.3 Å². The number of amides is 1. The fourth-order valence-corrected chi connectivity index (χ4v) is 4.49. The van der Waals surface area contributed by atoms with Crippen molar-refractivity contribution in [2.24, 2.45) is 0 Å². The molecule has 2 aromatic heterocycles. The van der Waals surface area contributed by atoms with E-state index in [4.69, 9.17) is 0 Å². The van der Waals surface area contributed by atoms with Gasteiger partial charge in [-0.3, -0.25) is 9.36 Å². The molecule has 0 radical (unpaired) electrons. The van der Waals surface area contributed by atoms with Crippen LogP contribution in [-0.2, 0) is 13.1 Å². The molecule has 2 aromatic rings. The van der Waals surface area contributed by atoms with E-state index in [1.807, 2.05) is 0 Å². The van der Waals surface area contributed by atoms with Crippen molar-refractivity contribution < 1.29 is 36.2 Å². The number of hydrogen-bond acceptors (Lipinski definition) is 5. The maximum absolute atomic E-state index is 13.3. The van der Waals surface area contributed by atoms with Gasteiger partial charge in [0.05, 0.1) is 23.9 Å². The van der Waals surface area contributed by atoms with Gasteiger partial charge in [-0.1, -0.05) is 0 Å². The van der Waals surface area contributed by atoms with Gasteiger partial charge in [0.1, 0.15) is 10.9 Å². The van der Waals surface area contributed by atoms with Gasteiger partial charge < -0.3 is 5.11 Å². The Morgan fingerprint density at radius 1 is 1.15 bits per heavy atom. The van der Waals surface area contributed by atoms with Gasteiger partial charge in [-0.05, 0) is 40.2 Å². The molecule has 1 amide bonds. The van der Waals surface area contributed by atoms with E-state index >= 15 is 0 Å². The normalized spacial score (nSPS) is 14.0. The van der Waals surface area contributed by atoms with Crippen LogP contribution in [0.1, 0.15) is 50.6 Å². The maximum atomic E-state index is 13.3. The predicted molar refractivity (Wildman–Crippen MR) is 113 cm³/mol. The Morgan fingerprint density at radius 2 is 1.71 bits per heavy atom. The summed E-state index contributed by atoms with van der Waals surface area (Å²) in [6, 6.07) is -2.57. The summed E-state index contributed by atoms with van der Waals surface area (Å²) >= 11 is 0.741. The summed E-state index contributed by atoms with van der Waals surface area (Å²) in [5.74, 6) is 0. The molecule has 0 bridgehead atoms. The quantitative estimate of drug-likeness (QED) is 0.437. The van der Waals surface area contributed by atoms with Crippen molar-refractivity contribution in [3.8, 4) is 0 Å². The van der Waals surface area contributed by atoms with E-state index in [1.54, 1.807) is 20.8 Å². The van der Waals surface area contributed by atoms with Gasteiger partial charge in [-0.25, -0.2) is 24.6 Å². The lowest BCUT2D eigenvalue weighted by Gasteiger charge is -2.33. The summed E-state index contributed by atoms with van der Waals surface area (Å²) in [6.45, 7) is 5.55. The second-order valence-electron chi connectivity index (χ2n) is 8.65. The molecule has 0 saturated carbocycles. The van der Waals surface area contributed by atoms with Crippen LogP contribution in [0.5, 0.6) is 0 Å². The number of fused-ring (bicyclic) bond motifs is 1. The molecule has 0 fully saturated rings. The number of aromatic nitrogens is 2. The Labute approximate surface area is 193 Å². The van der Waals surface area contributed by atoms with E-state index in [-0.39, 0.29) is 31.8 Å². The zero-order valence-corrected chi connectivity index (χ0v) is 19.7. The molecule has 1 atom stereocenters. The molecule has 2 rings (SSSR count). The van der Waals surface area contributed by atoms with Gasteiger partial charge in [0.15, 0.2) is 0 Å². The molecule has 0 aliphatic heterocycles. The Bertz CT molecular complexity index is 1190. The van der Waals surface area contributed by atoms with Crippen molar-refractivity contribution in [3.63, 3.8) is 0 Å². The van der Waals surface area contributed by atoms with Crippen molar-refractivity contribution in [3.05, 3.63) is 31.3 Å². The molecule has 2 N–H and O–H groups in total. The highest BCUT2D eigenvalue weighted by Gasteiger charge is 2.40. The number of nitrogens with zero attached hydrogens (tertiary/aromatic N) is 3. The van der Waals surface area contributed by atoms with Gasteiger partial charge in [-0.15, -0.1) is 11.3 Å². The lowest BCUT2D eigenvalue weighted by molar-refractivity contribution is -0.164. The third-order valence-electron chi connectivity index (χ3n) is 5.08. The third-order valence-corrected chi connectivity index (χ3v) is 6.40. The molecule has 0 saturated heterocycles. The first-order chi connectivity index (χ1) is 15.3. The largest absolute Gasteiger partial charge is 0.464 e. The van der Waals surface area contributed by atoms with Gasteiger partial charge in [-0.2, -0.15) is 26.3 Å². The number of alkyl halides is 6. The zero-order chi connectivity index (χ0) is 26.4.